The highest BCUT2D eigenvalue weighted by Gasteiger charge is 2.28. The Bertz CT molecular complexity index is 970. The first-order valence-electron chi connectivity index (χ1n) is 9.62. The SMILES string of the molecule is COC(=O)c1c(NC(=O)COC(=O)c2cc(C)n(C(C)C)c2C)sc2c1CCC2. The number of aryl methyl sites for hydroxylation is 2. The number of nitrogens with zero attached hydrogens (tertiary/aromatic N) is 1. The van der Waals surface area contributed by atoms with Gasteiger partial charge in [0.15, 0.2) is 6.61 Å². The molecule has 0 saturated heterocycles. The highest BCUT2D eigenvalue weighted by molar-refractivity contribution is 7.17. The molecule has 0 spiro atoms. The van der Waals surface area contributed by atoms with Gasteiger partial charge in [-0.3, -0.25) is 4.79 Å². The van der Waals surface area contributed by atoms with Crippen LogP contribution < -0.4 is 5.32 Å². The van der Waals surface area contributed by atoms with Gasteiger partial charge >= 0.3 is 11.9 Å². The van der Waals surface area contributed by atoms with Crippen molar-refractivity contribution in [2.45, 2.75) is 53.0 Å². The Kier molecular flexibility index (Phi) is 6.12. The highest BCUT2D eigenvalue weighted by atomic mass is 32.1. The number of hydrogen-bond donors (Lipinski definition) is 1. The molecule has 3 rings (SSSR count). The zero-order valence-electron chi connectivity index (χ0n) is 17.4. The summed E-state index contributed by atoms with van der Waals surface area (Å²) in [6.07, 6.45) is 2.68. The zero-order valence-corrected chi connectivity index (χ0v) is 18.2. The third-order valence-corrected chi connectivity index (χ3v) is 6.33. The van der Waals surface area contributed by atoms with Crippen molar-refractivity contribution in [3.8, 4) is 0 Å². The van der Waals surface area contributed by atoms with Gasteiger partial charge in [0.2, 0.25) is 0 Å². The van der Waals surface area contributed by atoms with Crippen LogP contribution in [0.15, 0.2) is 6.07 Å². The molecule has 2 heterocycles. The lowest BCUT2D eigenvalue weighted by atomic mass is 10.1. The zero-order chi connectivity index (χ0) is 21.3. The Hall–Kier alpha value is -2.61. The number of anilines is 1. The lowest BCUT2D eigenvalue weighted by Gasteiger charge is -2.13. The van der Waals surface area contributed by atoms with Crippen LogP contribution in [-0.2, 0) is 27.1 Å². The average Bonchev–Trinajstić information content (AvgIpc) is 3.31. The average molecular weight is 419 g/mol. The van der Waals surface area contributed by atoms with Crippen LogP contribution in [0.25, 0.3) is 0 Å². The van der Waals surface area contributed by atoms with Crippen molar-refractivity contribution in [1.29, 1.82) is 0 Å². The van der Waals surface area contributed by atoms with Gasteiger partial charge in [0.1, 0.15) is 5.00 Å². The summed E-state index contributed by atoms with van der Waals surface area (Å²) in [5, 5.41) is 3.17. The quantitative estimate of drug-likeness (QED) is 0.721. The molecule has 7 nitrogen and oxygen atoms in total. The summed E-state index contributed by atoms with van der Waals surface area (Å²) in [5.41, 5.74) is 3.60. The summed E-state index contributed by atoms with van der Waals surface area (Å²) in [6, 6.07) is 1.99. The first-order valence-corrected chi connectivity index (χ1v) is 10.4. The fourth-order valence-electron chi connectivity index (χ4n) is 3.96. The van der Waals surface area contributed by atoms with Crippen LogP contribution in [0, 0.1) is 13.8 Å². The topological polar surface area (TPSA) is 86.6 Å². The largest absolute Gasteiger partial charge is 0.465 e. The predicted molar refractivity (Wildman–Crippen MR) is 111 cm³/mol. The minimum Gasteiger partial charge on any atom is -0.465 e. The number of rotatable bonds is 6. The minimum atomic E-state index is -0.540. The number of hydrogen-bond acceptors (Lipinski definition) is 6. The van der Waals surface area contributed by atoms with E-state index >= 15 is 0 Å². The molecule has 156 valence electrons. The van der Waals surface area contributed by atoms with Crippen LogP contribution in [-0.4, -0.2) is 36.1 Å². The van der Waals surface area contributed by atoms with Crippen molar-refractivity contribution in [2.75, 3.05) is 19.0 Å². The molecule has 2 aromatic heterocycles. The molecule has 0 aromatic carbocycles. The maximum atomic E-state index is 12.5. The summed E-state index contributed by atoms with van der Waals surface area (Å²) in [4.78, 5) is 38.1. The maximum absolute atomic E-state index is 12.5. The van der Waals surface area contributed by atoms with E-state index in [1.165, 1.54) is 18.4 Å². The highest BCUT2D eigenvalue weighted by Crippen LogP contribution is 2.39. The number of nitrogens with one attached hydrogen (secondary N) is 1. The van der Waals surface area contributed by atoms with Gasteiger partial charge in [-0.05, 0) is 58.6 Å². The Balaban J connectivity index is 1.68. The number of aromatic nitrogens is 1. The molecule has 1 aliphatic rings. The molecular weight excluding hydrogens is 392 g/mol. The smallest absolute Gasteiger partial charge is 0.341 e. The van der Waals surface area contributed by atoms with Gasteiger partial charge in [-0.15, -0.1) is 11.3 Å². The Morgan fingerprint density at radius 2 is 1.93 bits per heavy atom. The van der Waals surface area contributed by atoms with Gasteiger partial charge in [-0.25, -0.2) is 9.59 Å². The second-order valence-corrected chi connectivity index (χ2v) is 8.53. The molecule has 1 amide bonds. The van der Waals surface area contributed by atoms with Crippen molar-refractivity contribution >= 4 is 34.2 Å². The number of esters is 2. The number of carbonyl (C=O) groups is 3. The Morgan fingerprint density at radius 1 is 1.21 bits per heavy atom. The molecule has 0 unspecified atom stereocenters. The van der Waals surface area contributed by atoms with E-state index in [1.54, 1.807) is 6.07 Å². The van der Waals surface area contributed by atoms with E-state index in [9.17, 15) is 14.4 Å². The molecule has 0 fully saturated rings. The van der Waals surface area contributed by atoms with Gasteiger partial charge in [0.25, 0.3) is 5.91 Å². The third kappa shape index (κ3) is 4.07. The third-order valence-electron chi connectivity index (χ3n) is 5.12. The van der Waals surface area contributed by atoms with Crippen molar-refractivity contribution in [3.05, 3.63) is 39.0 Å². The summed E-state index contributed by atoms with van der Waals surface area (Å²) in [5.74, 6) is -1.49. The van der Waals surface area contributed by atoms with E-state index in [0.717, 1.165) is 41.1 Å². The van der Waals surface area contributed by atoms with Crippen molar-refractivity contribution in [3.63, 3.8) is 0 Å². The fourth-order valence-corrected chi connectivity index (χ4v) is 5.25. The molecule has 1 aliphatic carbocycles. The van der Waals surface area contributed by atoms with Crippen molar-refractivity contribution in [2.24, 2.45) is 0 Å². The molecule has 0 bridgehead atoms. The summed E-state index contributed by atoms with van der Waals surface area (Å²) in [7, 11) is 1.32. The van der Waals surface area contributed by atoms with Crippen LogP contribution in [0.3, 0.4) is 0 Å². The molecule has 0 saturated carbocycles. The molecule has 8 heteroatoms. The number of ether oxygens (including phenoxy) is 2. The number of methoxy groups -OCH3 is 1. The van der Waals surface area contributed by atoms with Crippen LogP contribution in [0.4, 0.5) is 5.00 Å². The Labute approximate surface area is 174 Å². The van der Waals surface area contributed by atoms with Gasteiger partial charge in [-0.2, -0.15) is 0 Å². The maximum Gasteiger partial charge on any atom is 0.341 e. The van der Waals surface area contributed by atoms with E-state index < -0.39 is 24.5 Å². The lowest BCUT2D eigenvalue weighted by Crippen LogP contribution is -2.22. The summed E-state index contributed by atoms with van der Waals surface area (Å²) >= 11 is 1.39. The number of fused-ring (bicyclic) bond motifs is 1. The standard InChI is InChI=1S/C21H26N2O5S/c1-11(2)23-12(3)9-15(13(23)4)20(25)28-10-17(24)22-19-18(21(26)27-5)14-7-6-8-16(14)29-19/h9,11H,6-8,10H2,1-5H3,(H,22,24). The van der Waals surface area contributed by atoms with Crippen molar-refractivity contribution in [1.82, 2.24) is 4.57 Å². The van der Waals surface area contributed by atoms with Gasteiger partial charge in [0, 0.05) is 22.3 Å². The molecule has 0 atom stereocenters. The van der Waals surface area contributed by atoms with Crippen LogP contribution >= 0.6 is 11.3 Å². The normalized spacial score (nSPS) is 12.8. The number of amides is 1. The van der Waals surface area contributed by atoms with Crippen LogP contribution in [0.2, 0.25) is 0 Å². The number of carbonyl (C=O) groups excluding carboxylic acids is 3. The lowest BCUT2D eigenvalue weighted by molar-refractivity contribution is -0.119. The van der Waals surface area contributed by atoms with Crippen LogP contribution in [0.5, 0.6) is 0 Å². The second kappa shape index (κ2) is 8.41. The Morgan fingerprint density at radius 3 is 2.55 bits per heavy atom. The molecular formula is C21H26N2O5S. The molecule has 1 N–H and O–H groups in total. The minimum absolute atomic E-state index is 0.220. The van der Waals surface area contributed by atoms with Gasteiger partial charge in [-0.1, -0.05) is 0 Å². The van der Waals surface area contributed by atoms with E-state index in [2.05, 4.69) is 5.32 Å². The van der Waals surface area contributed by atoms with Crippen LogP contribution in [0.1, 0.15) is 68.9 Å². The second-order valence-electron chi connectivity index (χ2n) is 7.43. The first-order chi connectivity index (χ1) is 13.7. The first kappa shape index (κ1) is 21.1. The predicted octanol–water partition coefficient (Wildman–Crippen LogP) is 3.82. The van der Waals surface area contributed by atoms with E-state index in [-0.39, 0.29) is 6.04 Å². The summed E-state index contributed by atoms with van der Waals surface area (Å²) in [6.45, 7) is 7.45. The monoisotopic (exact) mass is 418 g/mol. The van der Waals surface area contributed by atoms with Crippen molar-refractivity contribution < 1.29 is 23.9 Å². The van der Waals surface area contributed by atoms with E-state index in [1.807, 2.05) is 32.3 Å². The molecule has 2 aromatic rings. The molecule has 29 heavy (non-hydrogen) atoms. The van der Waals surface area contributed by atoms with Gasteiger partial charge in [0.05, 0.1) is 18.2 Å². The van der Waals surface area contributed by atoms with Gasteiger partial charge < -0.3 is 19.4 Å². The van der Waals surface area contributed by atoms with E-state index in [0.29, 0.717) is 16.1 Å². The number of thiophene rings is 1. The fraction of sp³-hybridized carbons (Fsp3) is 0.476. The molecule has 0 radical (unpaired) electrons. The molecule has 0 aliphatic heterocycles. The summed E-state index contributed by atoms with van der Waals surface area (Å²) < 4.78 is 12.1. The van der Waals surface area contributed by atoms with E-state index in [4.69, 9.17) is 9.47 Å².